The van der Waals surface area contributed by atoms with Crippen LogP contribution in [0.15, 0.2) is 28.2 Å². The van der Waals surface area contributed by atoms with E-state index in [4.69, 9.17) is 4.98 Å². The van der Waals surface area contributed by atoms with Crippen molar-refractivity contribution in [3.05, 3.63) is 44.6 Å². The Morgan fingerprint density at radius 1 is 1.13 bits per heavy atom. The van der Waals surface area contributed by atoms with Gasteiger partial charge in [0.1, 0.15) is 4.83 Å². The minimum atomic E-state index is -0.317. The molecule has 3 aromatic rings. The largest absolute Gasteiger partial charge is 0.504 e. The second-order valence-corrected chi connectivity index (χ2v) is 10.3. The van der Waals surface area contributed by atoms with Crippen LogP contribution in [-0.4, -0.2) is 31.3 Å². The molecule has 0 aliphatic heterocycles. The van der Waals surface area contributed by atoms with Crippen LogP contribution >= 0.6 is 23.1 Å². The quantitative estimate of drug-likeness (QED) is 0.247. The average molecular weight is 457 g/mol. The molecule has 5 rings (SSSR count). The lowest BCUT2D eigenvalue weighted by Crippen LogP contribution is -2.27. The molecule has 0 atom stereocenters. The van der Waals surface area contributed by atoms with E-state index < -0.39 is 0 Å². The van der Waals surface area contributed by atoms with Gasteiger partial charge in [0.05, 0.1) is 11.1 Å². The maximum atomic E-state index is 13.6. The van der Waals surface area contributed by atoms with Crippen LogP contribution in [0.2, 0.25) is 0 Å². The Hall–Kier alpha value is -2.32. The zero-order valence-corrected chi connectivity index (χ0v) is 18.7. The van der Waals surface area contributed by atoms with Gasteiger partial charge < -0.3 is 10.2 Å². The molecule has 2 aromatic heterocycles. The summed E-state index contributed by atoms with van der Waals surface area (Å²) >= 11 is 2.92. The highest BCUT2D eigenvalue weighted by atomic mass is 32.2. The van der Waals surface area contributed by atoms with Gasteiger partial charge in [0.25, 0.3) is 5.56 Å². The average Bonchev–Trinajstić information content (AvgIpc) is 3.41. The van der Waals surface area contributed by atoms with Crippen molar-refractivity contribution in [1.29, 1.82) is 0 Å². The van der Waals surface area contributed by atoms with Crippen LogP contribution in [0, 0.1) is 0 Å². The molecule has 0 bridgehead atoms. The third-order valence-corrected chi connectivity index (χ3v) is 8.45. The van der Waals surface area contributed by atoms with Crippen molar-refractivity contribution in [1.82, 2.24) is 9.55 Å². The number of benzene rings is 1. The topological polar surface area (TPSA) is 92.4 Å². The lowest BCUT2D eigenvalue weighted by atomic mass is 9.97. The molecule has 162 valence electrons. The summed E-state index contributed by atoms with van der Waals surface area (Å²) in [5, 5.41) is 20.6. The van der Waals surface area contributed by atoms with E-state index in [1.807, 2.05) is 4.57 Å². The minimum Gasteiger partial charge on any atom is -0.504 e. The number of phenolic OH excluding ortho intramolecular Hbond substituents is 2. The normalized spacial score (nSPS) is 16.6. The molecule has 31 heavy (non-hydrogen) atoms. The third-order valence-electron chi connectivity index (χ3n) is 6.31. The summed E-state index contributed by atoms with van der Waals surface area (Å²) in [6.45, 7) is 0. The molecule has 2 heterocycles. The van der Waals surface area contributed by atoms with Crippen LogP contribution in [0.25, 0.3) is 10.2 Å². The van der Waals surface area contributed by atoms with Gasteiger partial charge in [-0.05, 0) is 62.3 Å². The molecule has 2 N–H and O–H groups in total. The van der Waals surface area contributed by atoms with Gasteiger partial charge in [0.15, 0.2) is 22.4 Å². The third kappa shape index (κ3) is 3.76. The number of hydrogen-bond donors (Lipinski definition) is 2. The first kappa shape index (κ1) is 20.6. The lowest BCUT2D eigenvalue weighted by molar-refractivity contribution is 0.102. The van der Waals surface area contributed by atoms with E-state index in [1.54, 1.807) is 11.3 Å². The molecular weight excluding hydrogens is 432 g/mol. The zero-order chi connectivity index (χ0) is 21.5. The molecule has 6 nitrogen and oxygen atoms in total. The Morgan fingerprint density at radius 2 is 1.90 bits per heavy atom. The summed E-state index contributed by atoms with van der Waals surface area (Å²) in [6.07, 6.45) is 8.38. The number of Topliss-reactive ketones (excluding diaryl/α,β-unsaturated/α-hetero) is 1. The van der Waals surface area contributed by atoms with Gasteiger partial charge in [-0.3, -0.25) is 14.2 Å². The maximum absolute atomic E-state index is 13.6. The predicted octanol–water partition coefficient (Wildman–Crippen LogP) is 4.84. The number of rotatable bonds is 5. The van der Waals surface area contributed by atoms with Gasteiger partial charge in [-0.25, -0.2) is 4.98 Å². The number of fused-ring (bicyclic) bond motifs is 3. The number of aryl methyl sites for hydroxylation is 2. The smallest absolute Gasteiger partial charge is 0.263 e. The fourth-order valence-electron chi connectivity index (χ4n) is 4.70. The van der Waals surface area contributed by atoms with E-state index in [2.05, 4.69) is 0 Å². The molecule has 8 heteroatoms. The van der Waals surface area contributed by atoms with E-state index in [1.165, 1.54) is 40.4 Å². The molecule has 1 aromatic carbocycles. The number of thiophene rings is 1. The zero-order valence-electron chi connectivity index (χ0n) is 17.1. The van der Waals surface area contributed by atoms with Crippen molar-refractivity contribution in [2.75, 3.05) is 5.75 Å². The molecule has 1 saturated carbocycles. The summed E-state index contributed by atoms with van der Waals surface area (Å²) < 4.78 is 1.85. The maximum Gasteiger partial charge on any atom is 0.263 e. The van der Waals surface area contributed by atoms with Gasteiger partial charge in [0, 0.05) is 16.5 Å². The molecule has 1 fully saturated rings. The standard InChI is InChI=1S/C23H24N2O4S2/c26-16-10-9-13(11-17(16)27)18(28)12-30-23-24-21-20(15-7-3-4-8-19(15)31-21)22(29)25(23)14-5-1-2-6-14/h9-11,14,26-27H,1-8,12H2. The molecular formula is C23H24N2O4S2. The minimum absolute atomic E-state index is 0.0496. The van der Waals surface area contributed by atoms with Crippen molar-refractivity contribution >= 4 is 39.1 Å². The molecule has 0 radical (unpaired) electrons. The van der Waals surface area contributed by atoms with Crippen molar-refractivity contribution in [3.8, 4) is 11.5 Å². The van der Waals surface area contributed by atoms with E-state index in [9.17, 15) is 19.8 Å². The Kier molecular flexibility index (Phi) is 5.52. The number of thioether (sulfide) groups is 1. The highest BCUT2D eigenvalue weighted by Gasteiger charge is 2.27. The van der Waals surface area contributed by atoms with E-state index in [-0.39, 0.29) is 34.6 Å². The van der Waals surface area contributed by atoms with Crippen LogP contribution in [0.5, 0.6) is 11.5 Å². The first-order valence-corrected chi connectivity index (χ1v) is 12.6. The molecule has 0 unspecified atom stereocenters. The number of hydrogen-bond acceptors (Lipinski definition) is 7. The summed E-state index contributed by atoms with van der Waals surface area (Å²) in [4.78, 5) is 33.3. The van der Waals surface area contributed by atoms with E-state index in [0.717, 1.165) is 61.6 Å². The highest BCUT2D eigenvalue weighted by Crippen LogP contribution is 2.37. The van der Waals surface area contributed by atoms with Crippen LogP contribution < -0.4 is 5.56 Å². The van der Waals surface area contributed by atoms with Gasteiger partial charge in [-0.2, -0.15) is 0 Å². The Labute approximate surface area is 187 Å². The lowest BCUT2D eigenvalue weighted by Gasteiger charge is -2.18. The SMILES string of the molecule is O=C(CSc1nc2sc3c(c2c(=O)n1C1CCCC1)CCCC3)c1ccc(O)c(O)c1. The fourth-order valence-corrected chi connectivity index (χ4v) is 6.96. The van der Waals surface area contributed by atoms with Crippen LogP contribution in [0.4, 0.5) is 0 Å². The fraction of sp³-hybridized carbons (Fsp3) is 0.435. The van der Waals surface area contributed by atoms with Crippen molar-refractivity contribution in [2.24, 2.45) is 0 Å². The van der Waals surface area contributed by atoms with Crippen molar-refractivity contribution in [2.45, 2.75) is 62.6 Å². The van der Waals surface area contributed by atoms with Gasteiger partial charge >= 0.3 is 0 Å². The Bertz CT molecular complexity index is 1220. The second-order valence-electron chi connectivity index (χ2n) is 8.31. The second kappa shape index (κ2) is 8.31. The van der Waals surface area contributed by atoms with Crippen LogP contribution in [-0.2, 0) is 12.8 Å². The Balaban J connectivity index is 1.52. The van der Waals surface area contributed by atoms with Crippen LogP contribution in [0.3, 0.4) is 0 Å². The summed E-state index contributed by atoms with van der Waals surface area (Å²) in [7, 11) is 0. The molecule has 0 saturated heterocycles. The first-order valence-electron chi connectivity index (χ1n) is 10.8. The molecule has 2 aliphatic carbocycles. The van der Waals surface area contributed by atoms with Gasteiger partial charge in [-0.1, -0.05) is 24.6 Å². The summed E-state index contributed by atoms with van der Waals surface area (Å²) in [5.41, 5.74) is 1.57. The van der Waals surface area contributed by atoms with Crippen molar-refractivity contribution < 1.29 is 15.0 Å². The highest BCUT2D eigenvalue weighted by molar-refractivity contribution is 7.99. The number of nitrogens with zero attached hydrogens (tertiary/aromatic N) is 2. The Morgan fingerprint density at radius 3 is 2.68 bits per heavy atom. The number of phenols is 2. The number of aromatic nitrogens is 2. The van der Waals surface area contributed by atoms with E-state index >= 15 is 0 Å². The van der Waals surface area contributed by atoms with Crippen LogP contribution in [0.1, 0.15) is 65.4 Å². The monoisotopic (exact) mass is 456 g/mol. The van der Waals surface area contributed by atoms with Gasteiger partial charge in [-0.15, -0.1) is 11.3 Å². The predicted molar refractivity (Wildman–Crippen MR) is 123 cm³/mol. The molecule has 0 amide bonds. The first-order chi connectivity index (χ1) is 15.0. The number of carbonyl (C=O) groups is 1. The summed E-state index contributed by atoms with van der Waals surface area (Å²) in [6, 6.07) is 4.21. The molecule has 0 spiro atoms. The van der Waals surface area contributed by atoms with Crippen molar-refractivity contribution in [3.63, 3.8) is 0 Å². The molecule has 2 aliphatic rings. The van der Waals surface area contributed by atoms with E-state index in [0.29, 0.717) is 10.7 Å². The number of carbonyl (C=O) groups excluding carboxylic acids is 1. The number of ketones is 1. The number of aromatic hydroxyl groups is 2. The summed E-state index contributed by atoms with van der Waals surface area (Å²) in [5.74, 6) is -0.645. The van der Waals surface area contributed by atoms with Gasteiger partial charge in [0.2, 0.25) is 0 Å².